The fourth-order valence-electron chi connectivity index (χ4n) is 1.17. The third-order valence-electron chi connectivity index (χ3n) is 2.05. The number of nitrogens with zero attached hydrogens (tertiary/aromatic N) is 1. The third kappa shape index (κ3) is 4.20. The lowest BCUT2D eigenvalue weighted by Crippen LogP contribution is -2.50. The van der Waals surface area contributed by atoms with E-state index in [1.807, 2.05) is 0 Å². The van der Waals surface area contributed by atoms with Crippen molar-refractivity contribution in [3.63, 3.8) is 0 Å². The van der Waals surface area contributed by atoms with Gasteiger partial charge in [-0.2, -0.15) is 0 Å². The van der Waals surface area contributed by atoms with Crippen molar-refractivity contribution in [1.82, 2.24) is 21.2 Å². The molecule has 0 aliphatic carbocycles. The smallest absolute Gasteiger partial charge is 0.269 e. The van der Waals surface area contributed by atoms with E-state index in [1.54, 1.807) is 0 Å². The lowest BCUT2D eigenvalue weighted by molar-refractivity contribution is -0.128. The van der Waals surface area contributed by atoms with Gasteiger partial charge in [-0.1, -0.05) is 0 Å². The number of aromatic nitrogens is 1. The van der Waals surface area contributed by atoms with E-state index in [4.69, 9.17) is 0 Å². The summed E-state index contributed by atoms with van der Waals surface area (Å²) in [5.41, 5.74) is 4.82. The number of amides is 3. The number of hydrogen-bond acceptors (Lipinski definition) is 4. The van der Waals surface area contributed by atoms with Gasteiger partial charge in [0.15, 0.2) is 0 Å². The highest BCUT2D eigenvalue weighted by atomic mass is 16.2. The SMILES string of the molecule is CC(=O)N[C@@H](C)C(=O)NNC(=O)c1ccncc1. The van der Waals surface area contributed by atoms with Crippen LogP contribution in [0, 0.1) is 0 Å². The Morgan fingerprint density at radius 3 is 2.33 bits per heavy atom. The molecule has 0 saturated carbocycles. The second-order valence-electron chi connectivity index (χ2n) is 3.60. The normalized spacial score (nSPS) is 11.2. The Labute approximate surface area is 104 Å². The Morgan fingerprint density at radius 2 is 1.78 bits per heavy atom. The molecular weight excluding hydrogens is 236 g/mol. The summed E-state index contributed by atoms with van der Waals surface area (Å²) in [6.07, 6.45) is 2.94. The van der Waals surface area contributed by atoms with Crippen LogP contribution in [0.15, 0.2) is 24.5 Å². The van der Waals surface area contributed by atoms with E-state index in [9.17, 15) is 14.4 Å². The van der Waals surface area contributed by atoms with Crippen molar-refractivity contribution in [2.45, 2.75) is 19.9 Å². The second kappa shape index (κ2) is 6.33. The summed E-state index contributed by atoms with van der Waals surface area (Å²) in [6.45, 7) is 2.81. The minimum atomic E-state index is -0.722. The molecule has 0 saturated heterocycles. The fraction of sp³-hybridized carbons (Fsp3) is 0.273. The van der Waals surface area contributed by atoms with Crippen LogP contribution in [-0.4, -0.2) is 28.7 Å². The highest BCUT2D eigenvalue weighted by Gasteiger charge is 2.14. The number of rotatable bonds is 3. The molecule has 1 aromatic rings. The summed E-state index contributed by atoms with van der Waals surface area (Å²) in [5.74, 6) is -1.29. The van der Waals surface area contributed by atoms with Gasteiger partial charge in [0.05, 0.1) is 0 Å². The first-order valence-corrected chi connectivity index (χ1v) is 5.28. The molecule has 0 unspecified atom stereocenters. The second-order valence-corrected chi connectivity index (χ2v) is 3.60. The van der Waals surface area contributed by atoms with Crippen molar-refractivity contribution in [3.8, 4) is 0 Å². The van der Waals surface area contributed by atoms with Crippen LogP contribution >= 0.6 is 0 Å². The molecule has 0 aliphatic heterocycles. The molecule has 3 amide bonds. The van der Waals surface area contributed by atoms with Crippen molar-refractivity contribution >= 4 is 17.7 Å². The van der Waals surface area contributed by atoms with Crippen molar-refractivity contribution < 1.29 is 14.4 Å². The third-order valence-corrected chi connectivity index (χ3v) is 2.05. The van der Waals surface area contributed by atoms with Gasteiger partial charge in [0.2, 0.25) is 5.91 Å². The molecule has 0 aromatic carbocycles. The fourth-order valence-corrected chi connectivity index (χ4v) is 1.17. The molecule has 1 heterocycles. The van der Waals surface area contributed by atoms with E-state index in [-0.39, 0.29) is 5.91 Å². The number of hydrogen-bond donors (Lipinski definition) is 3. The zero-order valence-corrected chi connectivity index (χ0v) is 10.1. The standard InChI is InChI=1S/C11H14N4O3/c1-7(13-8(2)16)10(17)14-15-11(18)9-3-5-12-6-4-9/h3-7H,1-2H3,(H,13,16)(H,14,17)(H,15,18)/t7-/m0/s1. The molecule has 0 fully saturated rings. The molecule has 0 spiro atoms. The summed E-state index contributed by atoms with van der Waals surface area (Å²) in [6, 6.07) is 2.30. The molecule has 7 heteroatoms. The molecule has 1 aromatic heterocycles. The van der Waals surface area contributed by atoms with Crippen LogP contribution in [0.4, 0.5) is 0 Å². The summed E-state index contributed by atoms with van der Waals surface area (Å²) in [4.78, 5) is 37.5. The molecule has 3 N–H and O–H groups in total. The first-order chi connectivity index (χ1) is 8.50. The van der Waals surface area contributed by atoms with Gasteiger partial charge in [0, 0.05) is 24.9 Å². The predicted octanol–water partition coefficient (Wildman–Crippen LogP) is -0.633. The van der Waals surface area contributed by atoms with Gasteiger partial charge >= 0.3 is 0 Å². The van der Waals surface area contributed by atoms with E-state index in [1.165, 1.54) is 38.4 Å². The van der Waals surface area contributed by atoms with Crippen LogP contribution in [0.5, 0.6) is 0 Å². The van der Waals surface area contributed by atoms with Crippen LogP contribution in [0.25, 0.3) is 0 Å². The van der Waals surface area contributed by atoms with E-state index < -0.39 is 17.9 Å². The highest BCUT2D eigenvalue weighted by molar-refractivity contribution is 5.96. The average Bonchev–Trinajstić information content (AvgIpc) is 2.35. The van der Waals surface area contributed by atoms with Crippen molar-refractivity contribution in [3.05, 3.63) is 30.1 Å². The van der Waals surface area contributed by atoms with Gasteiger partial charge in [0.1, 0.15) is 6.04 Å². The molecule has 0 bridgehead atoms. The Kier molecular flexibility index (Phi) is 4.79. The van der Waals surface area contributed by atoms with E-state index in [0.29, 0.717) is 5.56 Å². The van der Waals surface area contributed by atoms with E-state index in [2.05, 4.69) is 21.2 Å². The first kappa shape index (κ1) is 13.6. The van der Waals surface area contributed by atoms with Crippen LogP contribution in [0.3, 0.4) is 0 Å². The van der Waals surface area contributed by atoms with Crippen LogP contribution < -0.4 is 16.2 Å². The molecular formula is C11H14N4O3. The number of carbonyl (C=O) groups excluding carboxylic acids is 3. The number of carbonyl (C=O) groups is 3. The molecule has 96 valence electrons. The lowest BCUT2D eigenvalue weighted by Gasteiger charge is -2.13. The molecule has 18 heavy (non-hydrogen) atoms. The minimum absolute atomic E-state index is 0.321. The molecule has 0 radical (unpaired) electrons. The lowest BCUT2D eigenvalue weighted by atomic mass is 10.2. The van der Waals surface area contributed by atoms with Gasteiger partial charge in [-0.15, -0.1) is 0 Å². The van der Waals surface area contributed by atoms with Crippen LogP contribution in [0.2, 0.25) is 0 Å². The van der Waals surface area contributed by atoms with Crippen molar-refractivity contribution in [1.29, 1.82) is 0 Å². The average molecular weight is 250 g/mol. The number of pyridine rings is 1. The molecule has 0 aliphatic rings. The van der Waals surface area contributed by atoms with Gasteiger partial charge in [-0.25, -0.2) is 0 Å². The summed E-state index contributed by atoms with van der Waals surface area (Å²) in [7, 11) is 0. The van der Waals surface area contributed by atoms with Gasteiger partial charge in [-0.3, -0.25) is 30.2 Å². The Morgan fingerprint density at radius 1 is 1.17 bits per heavy atom. The van der Waals surface area contributed by atoms with Crippen molar-refractivity contribution in [2.75, 3.05) is 0 Å². The maximum absolute atomic E-state index is 11.6. The van der Waals surface area contributed by atoms with Crippen LogP contribution in [0.1, 0.15) is 24.2 Å². The zero-order valence-electron chi connectivity index (χ0n) is 10.1. The van der Waals surface area contributed by atoms with Crippen molar-refractivity contribution in [2.24, 2.45) is 0 Å². The molecule has 1 rings (SSSR count). The topological polar surface area (TPSA) is 100 Å². The first-order valence-electron chi connectivity index (χ1n) is 5.28. The van der Waals surface area contributed by atoms with Gasteiger partial charge in [0.25, 0.3) is 11.8 Å². The summed E-state index contributed by atoms with van der Waals surface area (Å²) >= 11 is 0. The van der Waals surface area contributed by atoms with Gasteiger partial charge < -0.3 is 5.32 Å². The number of hydrazine groups is 1. The number of nitrogens with one attached hydrogen (secondary N) is 3. The Balaban J connectivity index is 2.44. The quantitative estimate of drug-likeness (QED) is 0.622. The maximum atomic E-state index is 11.6. The zero-order chi connectivity index (χ0) is 13.5. The predicted molar refractivity (Wildman–Crippen MR) is 63.1 cm³/mol. The summed E-state index contributed by atoms with van der Waals surface area (Å²) < 4.78 is 0. The minimum Gasteiger partial charge on any atom is -0.345 e. The molecule has 7 nitrogen and oxygen atoms in total. The van der Waals surface area contributed by atoms with Crippen LogP contribution in [-0.2, 0) is 9.59 Å². The monoisotopic (exact) mass is 250 g/mol. The van der Waals surface area contributed by atoms with E-state index >= 15 is 0 Å². The molecule has 1 atom stereocenters. The van der Waals surface area contributed by atoms with E-state index in [0.717, 1.165) is 0 Å². The maximum Gasteiger partial charge on any atom is 0.269 e. The van der Waals surface area contributed by atoms with Gasteiger partial charge in [-0.05, 0) is 19.1 Å². The Bertz CT molecular complexity index is 447. The summed E-state index contributed by atoms with van der Waals surface area (Å²) in [5, 5.41) is 2.39. The Hall–Kier alpha value is -2.44. The highest BCUT2D eigenvalue weighted by Crippen LogP contribution is 1.94. The largest absolute Gasteiger partial charge is 0.345 e.